The highest BCUT2D eigenvalue weighted by Crippen LogP contribution is 2.32. The van der Waals surface area contributed by atoms with Gasteiger partial charge in [0.05, 0.1) is 12.0 Å². The number of nitrogens with zero attached hydrogens (tertiary/aromatic N) is 4. The lowest BCUT2D eigenvalue weighted by Gasteiger charge is -2.11. The smallest absolute Gasteiger partial charge is 0.341 e. The maximum absolute atomic E-state index is 13.1. The predicted molar refractivity (Wildman–Crippen MR) is 116 cm³/mol. The first-order chi connectivity index (χ1) is 16.0. The van der Waals surface area contributed by atoms with Crippen LogP contribution in [0.15, 0.2) is 58.4 Å². The Morgan fingerprint density at radius 3 is 2.79 bits per heavy atom. The van der Waals surface area contributed by atoms with Crippen LogP contribution in [0.25, 0.3) is 16.7 Å². The van der Waals surface area contributed by atoms with Gasteiger partial charge in [-0.2, -0.15) is 4.99 Å². The Kier molecular flexibility index (Phi) is 4.89. The highest BCUT2D eigenvalue weighted by Gasteiger charge is 2.20. The number of aromatic nitrogens is 3. The van der Waals surface area contributed by atoms with Crippen molar-refractivity contribution in [2.24, 2.45) is 12.0 Å². The van der Waals surface area contributed by atoms with Crippen LogP contribution in [0.1, 0.15) is 27.6 Å². The van der Waals surface area contributed by atoms with Crippen LogP contribution < -0.4 is 20.5 Å². The molecule has 0 fully saturated rings. The van der Waals surface area contributed by atoms with Crippen LogP contribution in [-0.2, 0) is 11.8 Å². The van der Waals surface area contributed by atoms with Crippen molar-refractivity contribution in [3.05, 3.63) is 75.6 Å². The van der Waals surface area contributed by atoms with Gasteiger partial charge in [0.1, 0.15) is 16.9 Å². The molecule has 1 aliphatic rings. The first kappa shape index (κ1) is 20.4. The molecule has 33 heavy (non-hydrogen) atoms. The van der Waals surface area contributed by atoms with Crippen molar-refractivity contribution >= 4 is 28.6 Å². The van der Waals surface area contributed by atoms with Gasteiger partial charge >= 0.3 is 5.97 Å². The molecule has 4 heterocycles. The summed E-state index contributed by atoms with van der Waals surface area (Å²) >= 11 is 0. The van der Waals surface area contributed by atoms with Gasteiger partial charge in [-0.3, -0.25) is 14.0 Å². The summed E-state index contributed by atoms with van der Waals surface area (Å²) in [6.07, 6.45) is 1.59. The third kappa shape index (κ3) is 3.41. The molecule has 0 atom stereocenters. The van der Waals surface area contributed by atoms with E-state index in [0.29, 0.717) is 17.1 Å². The summed E-state index contributed by atoms with van der Waals surface area (Å²) in [6.45, 7) is 1.86. The number of amides is 1. The molecule has 1 aliphatic heterocycles. The van der Waals surface area contributed by atoms with Crippen LogP contribution in [0.4, 0.5) is 0 Å². The number of hydrogen-bond acceptors (Lipinski definition) is 7. The summed E-state index contributed by atoms with van der Waals surface area (Å²) < 4.78 is 18.6. The van der Waals surface area contributed by atoms with Gasteiger partial charge < -0.3 is 18.8 Å². The maximum atomic E-state index is 13.1. The van der Waals surface area contributed by atoms with E-state index in [0.717, 1.165) is 0 Å². The van der Waals surface area contributed by atoms with Gasteiger partial charge in [0.2, 0.25) is 6.79 Å². The number of carbonyl (C=O) groups is 2. The van der Waals surface area contributed by atoms with E-state index in [-0.39, 0.29) is 46.6 Å². The molecule has 10 heteroatoms. The summed E-state index contributed by atoms with van der Waals surface area (Å²) in [7, 11) is 1.59. The van der Waals surface area contributed by atoms with Crippen LogP contribution in [0, 0.1) is 0 Å². The van der Waals surface area contributed by atoms with Crippen LogP contribution in [0.2, 0.25) is 0 Å². The molecule has 166 valence electrons. The Bertz CT molecular complexity index is 1580. The number of pyridine rings is 2. The van der Waals surface area contributed by atoms with Crippen molar-refractivity contribution in [2.75, 3.05) is 13.4 Å². The molecule has 10 nitrogen and oxygen atoms in total. The molecule has 0 saturated carbocycles. The van der Waals surface area contributed by atoms with Crippen molar-refractivity contribution in [3.63, 3.8) is 0 Å². The molecule has 0 bridgehead atoms. The normalized spacial score (nSPS) is 13.0. The van der Waals surface area contributed by atoms with Gasteiger partial charge in [-0.1, -0.05) is 6.07 Å². The van der Waals surface area contributed by atoms with Crippen LogP contribution >= 0.6 is 0 Å². The molecule has 1 amide bonds. The number of rotatable bonds is 3. The third-order valence-corrected chi connectivity index (χ3v) is 5.24. The van der Waals surface area contributed by atoms with E-state index >= 15 is 0 Å². The number of carbonyl (C=O) groups excluding carboxylic acids is 2. The van der Waals surface area contributed by atoms with Crippen molar-refractivity contribution < 1.29 is 23.8 Å². The fourth-order valence-electron chi connectivity index (χ4n) is 3.65. The first-order valence-corrected chi connectivity index (χ1v) is 10.1. The molecule has 0 aliphatic carbocycles. The highest BCUT2D eigenvalue weighted by atomic mass is 16.7. The average Bonchev–Trinajstić information content (AvgIpc) is 3.29. The number of hydrogen-bond donors (Lipinski definition) is 0. The molecule has 4 aromatic rings. The lowest BCUT2D eigenvalue weighted by Crippen LogP contribution is -2.31. The molecule has 3 aromatic heterocycles. The fourth-order valence-corrected chi connectivity index (χ4v) is 3.65. The predicted octanol–water partition coefficient (Wildman–Crippen LogP) is 1.83. The van der Waals surface area contributed by atoms with E-state index in [4.69, 9.17) is 14.2 Å². The quantitative estimate of drug-likeness (QED) is 0.348. The largest absolute Gasteiger partial charge is 0.462 e. The lowest BCUT2D eigenvalue weighted by atomic mass is 10.2. The second kappa shape index (κ2) is 7.90. The van der Waals surface area contributed by atoms with Crippen molar-refractivity contribution in [1.82, 2.24) is 14.0 Å². The summed E-state index contributed by atoms with van der Waals surface area (Å²) in [4.78, 5) is 47.5. The summed E-state index contributed by atoms with van der Waals surface area (Å²) in [5, 5.41) is 0.193. The standard InChI is InChI=1S/C23H18N4O6/c1-3-31-23(30)15-11-14-19(24-18-6-4-5-9-27(18)22(14)29)26(2)20(15)25-21(28)13-7-8-16-17(10-13)33-12-32-16/h4-11H,3,12H2,1-2H3. The molecule has 0 spiro atoms. The fraction of sp³-hybridized carbons (Fsp3) is 0.174. The average molecular weight is 446 g/mol. The number of fused-ring (bicyclic) bond motifs is 3. The summed E-state index contributed by atoms with van der Waals surface area (Å²) in [5.74, 6) is -0.339. The SMILES string of the molecule is CCOC(=O)c1cc2c(=O)n3ccccc3nc2n(C)c1=NC(=O)c1ccc2c(c1)OCO2. The van der Waals surface area contributed by atoms with Crippen LogP contribution in [0.5, 0.6) is 11.5 Å². The lowest BCUT2D eigenvalue weighted by molar-refractivity contribution is 0.0523. The number of aryl methyl sites for hydroxylation is 1. The van der Waals surface area contributed by atoms with Gasteiger partial charge in [0.15, 0.2) is 17.0 Å². The van der Waals surface area contributed by atoms with Gasteiger partial charge in [-0.25, -0.2) is 9.78 Å². The molecular weight excluding hydrogens is 428 g/mol. The van der Waals surface area contributed by atoms with E-state index in [1.54, 1.807) is 50.5 Å². The number of esters is 1. The van der Waals surface area contributed by atoms with E-state index in [1.807, 2.05) is 0 Å². The topological polar surface area (TPSA) is 113 Å². The minimum absolute atomic E-state index is 0.0178. The Balaban J connectivity index is 1.77. The van der Waals surface area contributed by atoms with E-state index < -0.39 is 11.9 Å². The molecule has 1 aromatic carbocycles. The zero-order valence-corrected chi connectivity index (χ0v) is 17.8. The monoisotopic (exact) mass is 446 g/mol. The van der Waals surface area contributed by atoms with Crippen molar-refractivity contribution in [2.45, 2.75) is 6.92 Å². The Labute approximate surface area is 186 Å². The minimum atomic E-state index is -0.704. The Morgan fingerprint density at radius 1 is 1.15 bits per heavy atom. The second-order valence-electron chi connectivity index (χ2n) is 7.23. The van der Waals surface area contributed by atoms with Crippen LogP contribution in [-0.4, -0.2) is 39.2 Å². The van der Waals surface area contributed by atoms with Gasteiger partial charge in [-0.05, 0) is 43.3 Å². The van der Waals surface area contributed by atoms with Crippen LogP contribution in [0.3, 0.4) is 0 Å². The van der Waals surface area contributed by atoms with Crippen molar-refractivity contribution in [1.29, 1.82) is 0 Å². The minimum Gasteiger partial charge on any atom is -0.462 e. The van der Waals surface area contributed by atoms with Gasteiger partial charge in [0, 0.05) is 18.8 Å². The molecule has 0 N–H and O–H groups in total. The zero-order valence-electron chi connectivity index (χ0n) is 17.8. The Morgan fingerprint density at radius 2 is 1.97 bits per heavy atom. The van der Waals surface area contributed by atoms with E-state index in [2.05, 4.69) is 9.98 Å². The van der Waals surface area contributed by atoms with Gasteiger partial charge in [-0.15, -0.1) is 0 Å². The van der Waals surface area contributed by atoms with E-state index in [9.17, 15) is 14.4 Å². The first-order valence-electron chi connectivity index (χ1n) is 10.1. The number of ether oxygens (including phenoxy) is 3. The molecule has 5 rings (SSSR count). The number of benzene rings is 1. The maximum Gasteiger partial charge on any atom is 0.341 e. The molecule has 0 unspecified atom stereocenters. The third-order valence-electron chi connectivity index (χ3n) is 5.24. The molecular formula is C23H18N4O6. The van der Waals surface area contributed by atoms with E-state index in [1.165, 1.54) is 21.1 Å². The highest BCUT2D eigenvalue weighted by molar-refractivity contribution is 5.97. The summed E-state index contributed by atoms with van der Waals surface area (Å²) in [5.41, 5.74) is 0.594. The zero-order chi connectivity index (χ0) is 23.1. The second-order valence-corrected chi connectivity index (χ2v) is 7.23. The molecule has 0 radical (unpaired) electrons. The Hall–Kier alpha value is -4.47. The summed E-state index contributed by atoms with van der Waals surface area (Å²) in [6, 6.07) is 11.2. The molecule has 0 saturated heterocycles. The van der Waals surface area contributed by atoms with Crippen molar-refractivity contribution in [3.8, 4) is 11.5 Å². The van der Waals surface area contributed by atoms with Gasteiger partial charge in [0.25, 0.3) is 11.5 Å².